The Morgan fingerprint density at radius 1 is 1.09 bits per heavy atom. The first kappa shape index (κ1) is 21.2. The number of hydrogen-bond donors (Lipinski definition) is 0. The molecule has 2 aromatic heterocycles. The second-order valence-electron chi connectivity index (χ2n) is 7.44. The quantitative estimate of drug-likeness (QED) is 0.249. The van der Waals surface area contributed by atoms with Crippen molar-refractivity contribution >= 4 is 28.1 Å². The van der Waals surface area contributed by atoms with Crippen LogP contribution >= 0.6 is 0 Å². The summed E-state index contributed by atoms with van der Waals surface area (Å²) in [5.41, 5.74) is 1.58. The van der Waals surface area contributed by atoms with E-state index in [1.807, 2.05) is 48.5 Å². The smallest absolute Gasteiger partial charge is 0.282 e. The number of hydrogen-bond acceptors (Lipinski definition) is 6. The summed E-state index contributed by atoms with van der Waals surface area (Å²) in [6, 6.07) is 22.1. The van der Waals surface area contributed by atoms with Crippen molar-refractivity contribution in [3.05, 3.63) is 101 Å². The Morgan fingerprint density at radius 2 is 1.91 bits per heavy atom. The number of methoxy groups -OCH3 is 1. The second kappa shape index (κ2) is 9.07. The van der Waals surface area contributed by atoms with Crippen molar-refractivity contribution in [3.63, 3.8) is 0 Å². The molecule has 0 radical (unpaired) electrons. The van der Waals surface area contributed by atoms with Crippen LogP contribution in [0.5, 0.6) is 11.5 Å². The van der Waals surface area contributed by atoms with Crippen LogP contribution in [0.4, 0.5) is 0 Å². The molecule has 0 fully saturated rings. The maximum absolute atomic E-state index is 13.4. The highest BCUT2D eigenvalue weighted by Gasteiger charge is 2.17. The summed E-state index contributed by atoms with van der Waals surface area (Å²) in [6.07, 6.45) is 3.19. The standard InChI is InChI=1S/C27H21N3O4/c1-3-15-33-25-19(10-8-14-23(25)32-2)17-28-30-26(24-16-18-9-4-7-13-22(18)34-24)29-21-12-6-5-11-20(21)27(30)31/h3-14,16-17H,1,15H2,2H3. The van der Waals surface area contributed by atoms with Crippen molar-refractivity contribution in [3.8, 4) is 23.1 Å². The van der Waals surface area contributed by atoms with Gasteiger partial charge < -0.3 is 13.9 Å². The topological polar surface area (TPSA) is 78.9 Å². The highest BCUT2D eigenvalue weighted by atomic mass is 16.5. The van der Waals surface area contributed by atoms with E-state index in [4.69, 9.17) is 18.9 Å². The molecule has 0 atom stereocenters. The van der Waals surface area contributed by atoms with E-state index in [1.165, 1.54) is 4.68 Å². The van der Waals surface area contributed by atoms with Gasteiger partial charge in [-0.25, -0.2) is 4.98 Å². The van der Waals surface area contributed by atoms with E-state index in [0.29, 0.717) is 51.7 Å². The van der Waals surface area contributed by atoms with Gasteiger partial charge >= 0.3 is 0 Å². The Balaban J connectivity index is 1.70. The van der Waals surface area contributed by atoms with Gasteiger partial charge in [-0.15, -0.1) is 0 Å². The van der Waals surface area contributed by atoms with Crippen molar-refractivity contribution in [2.45, 2.75) is 0 Å². The van der Waals surface area contributed by atoms with Crippen molar-refractivity contribution in [1.29, 1.82) is 0 Å². The number of ether oxygens (including phenoxy) is 2. The molecule has 0 aliphatic rings. The predicted octanol–water partition coefficient (Wildman–Crippen LogP) is 5.27. The first-order chi connectivity index (χ1) is 16.7. The summed E-state index contributed by atoms with van der Waals surface area (Å²) < 4.78 is 18.5. The number of para-hydroxylation sites is 3. The van der Waals surface area contributed by atoms with Gasteiger partial charge in [-0.2, -0.15) is 9.78 Å². The Labute approximate surface area is 195 Å². The first-order valence-electron chi connectivity index (χ1n) is 10.7. The van der Waals surface area contributed by atoms with E-state index < -0.39 is 0 Å². The van der Waals surface area contributed by atoms with Gasteiger partial charge in [0.25, 0.3) is 5.56 Å². The molecule has 0 amide bonds. The van der Waals surface area contributed by atoms with Gasteiger partial charge in [0.1, 0.15) is 12.2 Å². The molecule has 0 spiro atoms. The lowest BCUT2D eigenvalue weighted by atomic mass is 10.2. The summed E-state index contributed by atoms with van der Waals surface area (Å²) in [5.74, 6) is 1.79. The second-order valence-corrected chi connectivity index (χ2v) is 7.44. The fourth-order valence-corrected chi connectivity index (χ4v) is 3.69. The SMILES string of the molecule is C=CCOc1c(C=Nn2c(-c3cc4ccccc4o3)nc3ccccc3c2=O)cccc1OC. The molecule has 34 heavy (non-hydrogen) atoms. The Kier molecular flexibility index (Phi) is 5.66. The zero-order valence-electron chi connectivity index (χ0n) is 18.5. The molecular weight excluding hydrogens is 430 g/mol. The molecular formula is C27H21N3O4. The van der Waals surface area contributed by atoms with Crippen LogP contribution in [0.2, 0.25) is 0 Å². The molecule has 5 rings (SSSR count). The molecule has 0 unspecified atom stereocenters. The first-order valence-corrected chi connectivity index (χ1v) is 10.7. The summed E-state index contributed by atoms with van der Waals surface area (Å²) in [6.45, 7) is 3.99. The van der Waals surface area contributed by atoms with Crippen LogP contribution in [0.25, 0.3) is 33.5 Å². The van der Waals surface area contributed by atoms with E-state index in [1.54, 1.807) is 43.7 Å². The molecule has 0 bridgehead atoms. The van der Waals surface area contributed by atoms with Crippen molar-refractivity contribution in [1.82, 2.24) is 9.66 Å². The zero-order valence-corrected chi connectivity index (χ0v) is 18.5. The number of aromatic nitrogens is 2. The van der Waals surface area contributed by atoms with Crippen LogP contribution in [0, 0.1) is 0 Å². The maximum Gasteiger partial charge on any atom is 0.282 e. The summed E-state index contributed by atoms with van der Waals surface area (Å²) >= 11 is 0. The van der Waals surface area contributed by atoms with Crippen LogP contribution in [0.3, 0.4) is 0 Å². The summed E-state index contributed by atoms with van der Waals surface area (Å²) in [7, 11) is 1.56. The molecule has 0 aliphatic heterocycles. The fourth-order valence-electron chi connectivity index (χ4n) is 3.69. The van der Waals surface area contributed by atoms with Gasteiger partial charge in [0.05, 0.1) is 24.2 Å². The minimum absolute atomic E-state index is 0.295. The van der Waals surface area contributed by atoms with Gasteiger partial charge in [0, 0.05) is 10.9 Å². The lowest BCUT2D eigenvalue weighted by molar-refractivity contribution is 0.326. The number of rotatable bonds is 7. The largest absolute Gasteiger partial charge is 0.493 e. The molecule has 0 aliphatic carbocycles. The number of benzene rings is 3. The minimum atomic E-state index is -0.311. The monoisotopic (exact) mass is 451 g/mol. The van der Waals surface area contributed by atoms with Crippen LogP contribution in [0.1, 0.15) is 5.56 Å². The van der Waals surface area contributed by atoms with Crippen molar-refractivity contribution < 1.29 is 13.9 Å². The Hall–Kier alpha value is -4.65. The normalized spacial score (nSPS) is 11.3. The molecule has 7 nitrogen and oxygen atoms in total. The highest BCUT2D eigenvalue weighted by molar-refractivity contribution is 5.86. The van der Waals surface area contributed by atoms with E-state index >= 15 is 0 Å². The van der Waals surface area contributed by atoms with E-state index in [0.717, 1.165) is 5.39 Å². The van der Waals surface area contributed by atoms with Crippen LogP contribution in [0.15, 0.2) is 99.8 Å². The molecule has 2 heterocycles. The molecule has 3 aromatic carbocycles. The van der Waals surface area contributed by atoms with Gasteiger partial charge in [-0.05, 0) is 36.4 Å². The average molecular weight is 451 g/mol. The summed E-state index contributed by atoms with van der Waals surface area (Å²) in [5, 5.41) is 5.87. The molecule has 0 saturated carbocycles. The number of fused-ring (bicyclic) bond motifs is 2. The van der Waals surface area contributed by atoms with Crippen LogP contribution in [-0.2, 0) is 0 Å². The lowest BCUT2D eigenvalue weighted by Gasteiger charge is -2.12. The average Bonchev–Trinajstić information content (AvgIpc) is 3.31. The minimum Gasteiger partial charge on any atom is -0.493 e. The molecule has 0 saturated heterocycles. The van der Waals surface area contributed by atoms with Gasteiger partial charge in [0.15, 0.2) is 17.3 Å². The zero-order chi connectivity index (χ0) is 23.5. The van der Waals surface area contributed by atoms with E-state index in [2.05, 4.69) is 11.7 Å². The maximum atomic E-state index is 13.4. The third kappa shape index (κ3) is 3.84. The Morgan fingerprint density at radius 3 is 2.74 bits per heavy atom. The molecule has 7 heteroatoms. The third-order valence-corrected chi connectivity index (χ3v) is 5.29. The van der Waals surface area contributed by atoms with Crippen LogP contribution in [-0.4, -0.2) is 29.6 Å². The summed E-state index contributed by atoms with van der Waals surface area (Å²) in [4.78, 5) is 18.1. The number of nitrogens with zero attached hydrogens (tertiary/aromatic N) is 3. The number of furan rings is 1. The fraction of sp³-hybridized carbons (Fsp3) is 0.0741. The van der Waals surface area contributed by atoms with E-state index in [-0.39, 0.29) is 5.56 Å². The van der Waals surface area contributed by atoms with Crippen molar-refractivity contribution in [2.75, 3.05) is 13.7 Å². The van der Waals surface area contributed by atoms with Crippen LogP contribution < -0.4 is 15.0 Å². The van der Waals surface area contributed by atoms with Gasteiger partial charge in [-0.1, -0.05) is 49.1 Å². The molecule has 0 N–H and O–H groups in total. The Bertz CT molecular complexity index is 1560. The van der Waals surface area contributed by atoms with E-state index in [9.17, 15) is 4.79 Å². The predicted molar refractivity (Wildman–Crippen MR) is 133 cm³/mol. The van der Waals surface area contributed by atoms with Crippen molar-refractivity contribution in [2.24, 2.45) is 5.10 Å². The highest BCUT2D eigenvalue weighted by Crippen LogP contribution is 2.31. The van der Waals surface area contributed by atoms with Gasteiger partial charge in [-0.3, -0.25) is 4.79 Å². The molecule has 5 aromatic rings. The third-order valence-electron chi connectivity index (χ3n) is 5.29. The molecule has 168 valence electrons. The van der Waals surface area contributed by atoms with Gasteiger partial charge in [0.2, 0.25) is 5.82 Å². The lowest BCUT2D eigenvalue weighted by Crippen LogP contribution is -2.20.